The van der Waals surface area contributed by atoms with Gasteiger partial charge in [-0.15, -0.1) is 0 Å². The van der Waals surface area contributed by atoms with E-state index in [1.54, 1.807) is 18.2 Å². The molecule has 2 aromatic carbocycles. The molecule has 116 valence electrons. The minimum atomic E-state index is -0.907. The summed E-state index contributed by atoms with van der Waals surface area (Å²) in [5.41, 5.74) is 3.27. The summed E-state index contributed by atoms with van der Waals surface area (Å²) in [7, 11) is 0. The Morgan fingerprint density at radius 2 is 2.05 bits per heavy atom. The molecule has 2 N–H and O–H groups in total. The number of benzene rings is 2. The standard InChI is InChI=1S/C18H21NO3/c1-3-9-22-16-6-4-5-14(11-16)12-19-17-8-7-15(18(20)21)10-13(17)2/h4-8,10-11,19H,3,9,12H2,1-2H3,(H,20,21). The number of hydrogen-bond donors (Lipinski definition) is 2. The van der Waals surface area contributed by atoms with E-state index in [9.17, 15) is 4.79 Å². The summed E-state index contributed by atoms with van der Waals surface area (Å²) in [5, 5.41) is 12.3. The van der Waals surface area contributed by atoms with Crippen LogP contribution in [0.4, 0.5) is 5.69 Å². The Morgan fingerprint density at radius 1 is 1.23 bits per heavy atom. The third kappa shape index (κ3) is 4.25. The Kier molecular flexibility index (Phi) is 5.42. The molecule has 4 heteroatoms. The summed E-state index contributed by atoms with van der Waals surface area (Å²) in [4.78, 5) is 10.9. The van der Waals surface area contributed by atoms with Gasteiger partial charge in [0, 0.05) is 12.2 Å². The second kappa shape index (κ2) is 7.50. The molecule has 0 bridgehead atoms. The van der Waals surface area contributed by atoms with Crippen molar-refractivity contribution in [2.75, 3.05) is 11.9 Å². The van der Waals surface area contributed by atoms with Gasteiger partial charge in [-0.3, -0.25) is 0 Å². The average Bonchev–Trinajstić information content (AvgIpc) is 2.52. The second-order valence-electron chi connectivity index (χ2n) is 5.18. The van der Waals surface area contributed by atoms with E-state index in [-0.39, 0.29) is 0 Å². The molecule has 0 saturated heterocycles. The molecule has 0 aromatic heterocycles. The summed E-state index contributed by atoms with van der Waals surface area (Å²) >= 11 is 0. The third-order valence-corrected chi connectivity index (χ3v) is 3.33. The third-order valence-electron chi connectivity index (χ3n) is 3.33. The van der Waals surface area contributed by atoms with Crippen LogP contribution in [-0.4, -0.2) is 17.7 Å². The minimum Gasteiger partial charge on any atom is -0.494 e. The smallest absolute Gasteiger partial charge is 0.335 e. The first-order valence-electron chi connectivity index (χ1n) is 7.39. The van der Waals surface area contributed by atoms with E-state index in [0.717, 1.165) is 29.0 Å². The number of hydrogen-bond acceptors (Lipinski definition) is 3. The Labute approximate surface area is 130 Å². The van der Waals surface area contributed by atoms with Crippen LogP contribution in [-0.2, 0) is 6.54 Å². The molecule has 0 spiro atoms. The summed E-state index contributed by atoms with van der Waals surface area (Å²) < 4.78 is 5.62. The van der Waals surface area contributed by atoms with Crippen LogP contribution in [0.1, 0.15) is 34.8 Å². The van der Waals surface area contributed by atoms with Crippen molar-refractivity contribution >= 4 is 11.7 Å². The lowest BCUT2D eigenvalue weighted by molar-refractivity contribution is 0.0697. The maximum absolute atomic E-state index is 10.9. The number of anilines is 1. The lowest BCUT2D eigenvalue weighted by atomic mass is 10.1. The number of ether oxygens (including phenoxy) is 1. The Bertz CT molecular complexity index is 653. The average molecular weight is 299 g/mol. The van der Waals surface area contributed by atoms with E-state index in [2.05, 4.69) is 12.2 Å². The summed E-state index contributed by atoms with van der Waals surface area (Å²) in [6, 6.07) is 13.1. The molecule has 0 fully saturated rings. The fourth-order valence-corrected chi connectivity index (χ4v) is 2.16. The quantitative estimate of drug-likeness (QED) is 0.808. The van der Waals surface area contributed by atoms with Crippen LogP contribution in [0.25, 0.3) is 0 Å². The van der Waals surface area contributed by atoms with Crippen LogP contribution in [0.3, 0.4) is 0 Å². The maximum atomic E-state index is 10.9. The monoisotopic (exact) mass is 299 g/mol. The molecular formula is C18H21NO3. The van der Waals surface area contributed by atoms with Crippen LogP contribution in [0, 0.1) is 6.92 Å². The number of nitrogens with one attached hydrogen (secondary N) is 1. The Morgan fingerprint density at radius 3 is 2.73 bits per heavy atom. The van der Waals surface area contributed by atoms with Gasteiger partial charge < -0.3 is 15.2 Å². The molecule has 0 atom stereocenters. The van der Waals surface area contributed by atoms with E-state index < -0.39 is 5.97 Å². The SMILES string of the molecule is CCCOc1cccc(CNc2ccc(C(=O)O)cc2C)c1. The van der Waals surface area contributed by atoms with Gasteiger partial charge >= 0.3 is 5.97 Å². The highest BCUT2D eigenvalue weighted by Gasteiger charge is 2.05. The predicted octanol–water partition coefficient (Wildman–Crippen LogP) is 4.09. The highest BCUT2D eigenvalue weighted by atomic mass is 16.5. The van der Waals surface area contributed by atoms with Crippen LogP contribution in [0.15, 0.2) is 42.5 Å². The van der Waals surface area contributed by atoms with E-state index in [4.69, 9.17) is 9.84 Å². The molecule has 2 aromatic rings. The van der Waals surface area contributed by atoms with Crippen molar-refractivity contribution in [2.24, 2.45) is 0 Å². The first-order chi connectivity index (χ1) is 10.6. The van der Waals surface area contributed by atoms with Crippen LogP contribution in [0.5, 0.6) is 5.75 Å². The minimum absolute atomic E-state index is 0.304. The van der Waals surface area contributed by atoms with E-state index in [1.165, 1.54) is 0 Å². The predicted molar refractivity (Wildman–Crippen MR) is 87.7 cm³/mol. The van der Waals surface area contributed by atoms with Gasteiger partial charge in [0.15, 0.2) is 0 Å². The van der Waals surface area contributed by atoms with Crippen molar-refractivity contribution < 1.29 is 14.6 Å². The van der Waals surface area contributed by atoms with Crippen LogP contribution < -0.4 is 10.1 Å². The van der Waals surface area contributed by atoms with E-state index in [0.29, 0.717) is 18.7 Å². The van der Waals surface area contributed by atoms with Gasteiger partial charge in [0.1, 0.15) is 5.75 Å². The molecule has 0 amide bonds. The van der Waals surface area contributed by atoms with Crippen LogP contribution in [0.2, 0.25) is 0 Å². The Balaban J connectivity index is 2.02. The van der Waals surface area contributed by atoms with Gasteiger partial charge in [-0.25, -0.2) is 4.79 Å². The summed E-state index contributed by atoms with van der Waals surface area (Å²) in [5.74, 6) is -0.0329. The van der Waals surface area contributed by atoms with Crippen LogP contribution >= 0.6 is 0 Å². The maximum Gasteiger partial charge on any atom is 0.335 e. The molecule has 0 aliphatic heterocycles. The lowest BCUT2D eigenvalue weighted by Crippen LogP contribution is -2.03. The number of aryl methyl sites for hydroxylation is 1. The molecule has 0 aliphatic carbocycles. The molecule has 0 saturated carbocycles. The van der Waals surface area contributed by atoms with Gasteiger partial charge in [-0.1, -0.05) is 19.1 Å². The summed E-state index contributed by atoms with van der Waals surface area (Å²) in [6.45, 7) is 5.35. The molecule has 22 heavy (non-hydrogen) atoms. The molecular weight excluding hydrogens is 278 g/mol. The van der Waals surface area contributed by atoms with E-state index >= 15 is 0 Å². The molecule has 2 rings (SSSR count). The number of aromatic carboxylic acids is 1. The lowest BCUT2D eigenvalue weighted by Gasteiger charge is -2.11. The topological polar surface area (TPSA) is 58.6 Å². The zero-order valence-corrected chi connectivity index (χ0v) is 12.9. The van der Waals surface area contributed by atoms with Crippen molar-refractivity contribution in [3.05, 3.63) is 59.2 Å². The van der Waals surface area contributed by atoms with Crippen molar-refractivity contribution in [3.8, 4) is 5.75 Å². The molecule has 0 heterocycles. The Hall–Kier alpha value is -2.49. The normalized spacial score (nSPS) is 10.3. The van der Waals surface area contributed by atoms with Gasteiger partial charge in [-0.2, -0.15) is 0 Å². The number of carboxylic acids is 1. The zero-order chi connectivity index (χ0) is 15.9. The fraction of sp³-hybridized carbons (Fsp3) is 0.278. The second-order valence-corrected chi connectivity index (χ2v) is 5.18. The van der Waals surface area contributed by atoms with Gasteiger partial charge in [-0.05, 0) is 54.8 Å². The molecule has 4 nitrogen and oxygen atoms in total. The van der Waals surface area contributed by atoms with Crippen molar-refractivity contribution in [2.45, 2.75) is 26.8 Å². The van der Waals surface area contributed by atoms with Crippen molar-refractivity contribution in [1.29, 1.82) is 0 Å². The highest BCUT2D eigenvalue weighted by molar-refractivity contribution is 5.88. The zero-order valence-electron chi connectivity index (χ0n) is 12.9. The fourth-order valence-electron chi connectivity index (χ4n) is 2.16. The first-order valence-corrected chi connectivity index (χ1v) is 7.39. The first kappa shape index (κ1) is 15.9. The van der Waals surface area contributed by atoms with Crippen molar-refractivity contribution in [1.82, 2.24) is 0 Å². The largest absolute Gasteiger partial charge is 0.494 e. The van der Waals surface area contributed by atoms with Gasteiger partial charge in [0.25, 0.3) is 0 Å². The van der Waals surface area contributed by atoms with Gasteiger partial charge in [0.2, 0.25) is 0 Å². The number of carbonyl (C=O) groups is 1. The summed E-state index contributed by atoms with van der Waals surface area (Å²) in [6.07, 6.45) is 0.984. The number of rotatable bonds is 7. The van der Waals surface area contributed by atoms with Crippen molar-refractivity contribution in [3.63, 3.8) is 0 Å². The van der Waals surface area contributed by atoms with E-state index in [1.807, 2.05) is 31.2 Å². The van der Waals surface area contributed by atoms with Gasteiger partial charge in [0.05, 0.1) is 12.2 Å². The number of carboxylic acid groups (broad SMARTS) is 1. The molecule has 0 radical (unpaired) electrons. The highest BCUT2D eigenvalue weighted by Crippen LogP contribution is 2.19. The molecule has 0 aliphatic rings. The molecule has 0 unspecified atom stereocenters.